The molecule has 158 valence electrons. The van der Waals surface area contributed by atoms with E-state index in [4.69, 9.17) is 14.2 Å². The Morgan fingerprint density at radius 2 is 1.63 bits per heavy atom. The van der Waals surface area contributed by atoms with Gasteiger partial charge in [-0.25, -0.2) is 0 Å². The summed E-state index contributed by atoms with van der Waals surface area (Å²) in [4.78, 5) is 14.5. The molecule has 0 aliphatic heterocycles. The van der Waals surface area contributed by atoms with Crippen LogP contribution in [0.3, 0.4) is 0 Å². The maximum absolute atomic E-state index is 5.69. The van der Waals surface area contributed by atoms with Crippen LogP contribution >= 0.6 is 0 Å². The van der Waals surface area contributed by atoms with Gasteiger partial charge in [-0.05, 0) is 25.5 Å². The van der Waals surface area contributed by atoms with Crippen LogP contribution in [0.15, 0.2) is 36.4 Å². The summed E-state index contributed by atoms with van der Waals surface area (Å²) in [6.07, 6.45) is 0. The number of aryl methyl sites for hydroxylation is 1. The molecule has 0 spiro atoms. The molecule has 0 radical (unpaired) electrons. The lowest BCUT2D eigenvalue weighted by Crippen LogP contribution is -2.15. The fraction of sp³-hybridized carbons (Fsp3) is 0.350. The monoisotopic (exact) mass is 411 g/mol. The van der Waals surface area contributed by atoms with Crippen LogP contribution in [0, 0.1) is 6.92 Å². The van der Waals surface area contributed by atoms with Gasteiger partial charge in [0, 0.05) is 32.8 Å². The molecule has 0 fully saturated rings. The van der Waals surface area contributed by atoms with Crippen molar-refractivity contribution >= 4 is 11.9 Å². The smallest absolute Gasteiger partial charge is 0.330 e. The number of hydrogen-bond donors (Lipinski definition) is 1. The van der Waals surface area contributed by atoms with Crippen molar-refractivity contribution in [2.75, 3.05) is 44.1 Å². The molecule has 0 amide bonds. The fourth-order valence-corrected chi connectivity index (χ4v) is 2.38. The molecule has 30 heavy (non-hydrogen) atoms. The number of aromatic nitrogens is 5. The topological polar surface area (TPSA) is 107 Å². The van der Waals surface area contributed by atoms with Gasteiger partial charge in [-0.2, -0.15) is 15.0 Å². The second-order valence-corrected chi connectivity index (χ2v) is 6.44. The maximum atomic E-state index is 5.69. The first-order valence-corrected chi connectivity index (χ1v) is 9.55. The lowest BCUT2D eigenvalue weighted by Gasteiger charge is -2.13. The minimum Gasteiger partial charge on any atom is -0.490 e. The molecule has 0 unspecified atom stereocenters. The lowest BCUT2D eigenvalue weighted by molar-refractivity contribution is 0.209. The van der Waals surface area contributed by atoms with Gasteiger partial charge in [-0.1, -0.05) is 18.2 Å². The van der Waals surface area contributed by atoms with Crippen molar-refractivity contribution in [2.24, 2.45) is 0 Å². The van der Waals surface area contributed by atoms with Gasteiger partial charge in [0.05, 0.1) is 0 Å². The molecule has 3 rings (SSSR count). The molecule has 3 aromatic rings. The highest BCUT2D eigenvalue weighted by Crippen LogP contribution is 2.20. The van der Waals surface area contributed by atoms with E-state index in [-0.39, 0.29) is 11.9 Å². The third-order valence-electron chi connectivity index (χ3n) is 3.83. The standard InChI is InChI=1S/C20H25N7O3/c1-5-21-18-22-19(27(3)4)24-20(23-18)30-17-11-10-16(25-26-17)29-13-12-28-15-9-7-6-8-14(15)2/h6-11H,5,12-13H2,1-4H3,(H,21,22,23,24). The highest BCUT2D eigenvalue weighted by molar-refractivity contribution is 5.37. The van der Waals surface area contributed by atoms with Crippen LogP contribution in [0.2, 0.25) is 0 Å². The maximum Gasteiger partial charge on any atom is 0.330 e. The van der Waals surface area contributed by atoms with Crippen molar-refractivity contribution in [1.82, 2.24) is 25.1 Å². The van der Waals surface area contributed by atoms with E-state index in [0.717, 1.165) is 11.3 Å². The molecule has 0 saturated carbocycles. The Kier molecular flexibility index (Phi) is 7.14. The van der Waals surface area contributed by atoms with E-state index in [9.17, 15) is 0 Å². The largest absolute Gasteiger partial charge is 0.490 e. The number of rotatable bonds is 10. The minimum absolute atomic E-state index is 0.124. The van der Waals surface area contributed by atoms with Crippen LogP contribution in [0.1, 0.15) is 12.5 Å². The molecular formula is C20H25N7O3. The molecule has 0 aliphatic carbocycles. The van der Waals surface area contributed by atoms with E-state index in [2.05, 4.69) is 30.5 Å². The first-order chi connectivity index (χ1) is 14.5. The van der Waals surface area contributed by atoms with Crippen molar-refractivity contribution in [1.29, 1.82) is 0 Å². The van der Waals surface area contributed by atoms with Crippen LogP contribution in [-0.4, -0.2) is 59.0 Å². The van der Waals surface area contributed by atoms with Crippen LogP contribution in [0.25, 0.3) is 0 Å². The highest BCUT2D eigenvalue weighted by atomic mass is 16.5. The lowest BCUT2D eigenvalue weighted by atomic mass is 10.2. The van der Waals surface area contributed by atoms with E-state index in [1.807, 2.05) is 52.2 Å². The van der Waals surface area contributed by atoms with E-state index >= 15 is 0 Å². The van der Waals surface area contributed by atoms with E-state index in [1.54, 1.807) is 17.0 Å². The van der Waals surface area contributed by atoms with Crippen molar-refractivity contribution in [3.8, 4) is 23.5 Å². The Morgan fingerprint density at radius 3 is 2.33 bits per heavy atom. The van der Waals surface area contributed by atoms with Crippen molar-refractivity contribution in [3.63, 3.8) is 0 Å². The summed E-state index contributed by atoms with van der Waals surface area (Å²) >= 11 is 0. The fourth-order valence-electron chi connectivity index (χ4n) is 2.38. The Morgan fingerprint density at radius 1 is 0.900 bits per heavy atom. The Labute approximate surface area is 175 Å². The summed E-state index contributed by atoms with van der Waals surface area (Å²) in [5, 5.41) is 11.1. The normalized spacial score (nSPS) is 10.4. The van der Waals surface area contributed by atoms with Crippen LogP contribution in [0.5, 0.6) is 23.5 Å². The second-order valence-electron chi connectivity index (χ2n) is 6.44. The van der Waals surface area contributed by atoms with Crippen LogP contribution in [-0.2, 0) is 0 Å². The third-order valence-corrected chi connectivity index (χ3v) is 3.83. The summed E-state index contributed by atoms with van der Waals surface area (Å²) in [5.41, 5.74) is 1.08. The predicted molar refractivity (Wildman–Crippen MR) is 113 cm³/mol. The predicted octanol–water partition coefficient (Wildman–Crippen LogP) is 2.72. The molecule has 0 bridgehead atoms. The quantitative estimate of drug-likeness (QED) is 0.500. The first kappa shape index (κ1) is 21.0. The van der Waals surface area contributed by atoms with Gasteiger partial charge >= 0.3 is 6.01 Å². The van der Waals surface area contributed by atoms with Gasteiger partial charge in [0.25, 0.3) is 0 Å². The summed E-state index contributed by atoms with van der Waals surface area (Å²) in [7, 11) is 3.67. The van der Waals surface area contributed by atoms with Crippen molar-refractivity contribution in [2.45, 2.75) is 13.8 Å². The molecular weight excluding hydrogens is 386 g/mol. The molecule has 10 nitrogen and oxygen atoms in total. The van der Waals surface area contributed by atoms with Gasteiger partial charge in [-0.3, -0.25) is 0 Å². The average Bonchev–Trinajstić information content (AvgIpc) is 2.73. The van der Waals surface area contributed by atoms with Crippen LogP contribution < -0.4 is 24.4 Å². The SMILES string of the molecule is CCNc1nc(Oc2ccc(OCCOc3ccccc3C)nn2)nc(N(C)C)n1. The summed E-state index contributed by atoms with van der Waals surface area (Å²) in [6, 6.07) is 11.2. The van der Waals surface area contributed by atoms with Crippen molar-refractivity contribution in [3.05, 3.63) is 42.0 Å². The number of ether oxygens (including phenoxy) is 3. The van der Waals surface area contributed by atoms with E-state index < -0.39 is 0 Å². The zero-order chi connectivity index (χ0) is 21.3. The van der Waals surface area contributed by atoms with Crippen molar-refractivity contribution < 1.29 is 14.2 Å². The molecule has 0 saturated heterocycles. The zero-order valence-electron chi connectivity index (χ0n) is 17.5. The number of benzene rings is 1. The van der Waals surface area contributed by atoms with Crippen LogP contribution in [0.4, 0.5) is 11.9 Å². The number of nitrogens with one attached hydrogen (secondary N) is 1. The van der Waals surface area contributed by atoms with Gasteiger partial charge in [0.1, 0.15) is 19.0 Å². The van der Waals surface area contributed by atoms with Gasteiger partial charge in [0.15, 0.2) is 0 Å². The summed E-state index contributed by atoms with van der Waals surface area (Å²) < 4.78 is 16.9. The zero-order valence-corrected chi connectivity index (χ0v) is 17.5. The third kappa shape index (κ3) is 5.90. The van der Waals surface area contributed by atoms with Gasteiger partial charge in [-0.15, -0.1) is 10.2 Å². The molecule has 0 aliphatic rings. The molecule has 0 atom stereocenters. The molecule has 2 aromatic heterocycles. The van der Waals surface area contributed by atoms with Gasteiger partial charge < -0.3 is 24.4 Å². The summed E-state index contributed by atoms with van der Waals surface area (Å²) in [6.45, 7) is 5.37. The second kappa shape index (κ2) is 10.2. The first-order valence-electron chi connectivity index (χ1n) is 9.55. The Bertz CT molecular complexity index is 951. The molecule has 2 heterocycles. The van der Waals surface area contributed by atoms with Gasteiger partial charge in [0.2, 0.25) is 23.7 Å². The number of hydrogen-bond acceptors (Lipinski definition) is 10. The number of anilines is 2. The van der Waals surface area contributed by atoms with E-state index in [1.165, 1.54) is 0 Å². The minimum atomic E-state index is 0.124. The van der Waals surface area contributed by atoms with E-state index in [0.29, 0.717) is 37.5 Å². The Balaban J connectivity index is 1.55. The Hall–Kier alpha value is -3.69. The molecule has 1 aromatic carbocycles. The number of para-hydroxylation sites is 1. The molecule has 1 N–H and O–H groups in total. The molecule has 10 heteroatoms. The highest BCUT2D eigenvalue weighted by Gasteiger charge is 2.11. The average molecular weight is 411 g/mol. The summed E-state index contributed by atoms with van der Waals surface area (Å²) in [5.74, 6) is 2.35. The number of nitrogens with zero attached hydrogens (tertiary/aromatic N) is 6.